The molecule has 0 bridgehead atoms. The van der Waals surface area contributed by atoms with Crippen LogP contribution in [0.2, 0.25) is 0 Å². The molecule has 1 aromatic heterocycles. The van der Waals surface area contributed by atoms with Gasteiger partial charge in [-0.15, -0.1) is 0 Å². The van der Waals surface area contributed by atoms with E-state index in [9.17, 15) is 0 Å². The molecule has 5 rings (SSSR count). The predicted molar refractivity (Wildman–Crippen MR) is 113 cm³/mol. The summed E-state index contributed by atoms with van der Waals surface area (Å²) >= 11 is 0. The summed E-state index contributed by atoms with van der Waals surface area (Å²) in [5.74, 6) is 0.567. The molecule has 0 amide bonds. The van der Waals surface area contributed by atoms with Crippen LogP contribution in [-0.2, 0) is 6.54 Å². The third-order valence-electron chi connectivity index (χ3n) is 5.59. The Balaban J connectivity index is 1.63. The molecule has 0 spiro atoms. The Bertz CT molecular complexity index is 1110. The third kappa shape index (κ3) is 2.91. The average molecular weight is 369 g/mol. The largest absolute Gasteiger partial charge is 0.382 e. The molecular weight excluding hydrogens is 346 g/mol. The van der Waals surface area contributed by atoms with Gasteiger partial charge in [-0.3, -0.25) is 4.68 Å². The summed E-state index contributed by atoms with van der Waals surface area (Å²) in [6.07, 6.45) is 3.81. The Hall–Kier alpha value is -3.26. The average Bonchev–Trinajstić information content (AvgIpc) is 3.51. The molecule has 0 radical (unpaired) electrons. The number of nitrogens with zero attached hydrogens (tertiary/aromatic N) is 3. The van der Waals surface area contributed by atoms with Crippen LogP contribution in [0.4, 0.5) is 11.4 Å². The summed E-state index contributed by atoms with van der Waals surface area (Å²) in [5.41, 5.74) is 7.94. The van der Waals surface area contributed by atoms with Crippen molar-refractivity contribution in [2.24, 2.45) is 0 Å². The number of nitriles is 1. The number of benzene rings is 2. The van der Waals surface area contributed by atoms with Gasteiger partial charge in [0.15, 0.2) is 0 Å². The minimum absolute atomic E-state index is 0.480. The molecule has 0 atom stereocenters. The lowest BCUT2D eigenvalue weighted by molar-refractivity contribution is 0.637. The van der Waals surface area contributed by atoms with E-state index < -0.39 is 0 Å². The van der Waals surface area contributed by atoms with Crippen LogP contribution >= 0.6 is 0 Å². The summed E-state index contributed by atoms with van der Waals surface area (Å²) in [6.45, 7) is 5.62. The molecule has 2 aliphatic rings. The molecule has 1 fully saturated rings. The molecule has 1 aliphatic heterocycles. The number of hydrogen-bond donors (Lipinski definition) is 2. The van der Waals surface area contributed by atoms with Gasteiger partial charge >= 0.3 is 0 Å². The van der Waals surface area contributed by atoms with Crippen molar-refractivity contribution >= 4 is 22.3 Å². The first kappa shape index (κ1) is 16.9. The second-order valence-electron chi connectivity index (χ2n) is 7.66. The smallest absolute Gasteiger partial charge is 0.0734 e. The van der Waals surface area contributed by atoms with Gasteiger partial charge in [0, 0.05) is 35.5 Å². The highest BCUT2D eigenvalue weighted by atomic mass is 15.3. The van der Waals surface area contributed by atoms with Crippen LogP contribution in [0.15, 0.2) is 48.7 Å². The maximum atomic E-state index is 8.96. The molecule has 1 aliphatic carbocycles. The van der Waals surface area contributed by atoms with E-state index in [0.29, 0.717) is 18.9 Å². The van der Waals surface area contributed by atoms with Crippen molar-refractivity contribution in [1.29, 1.82) is 5.26 Å². The highest BCUT2D eigenvalue weighted by molar-refractivity contribution is 5.93. The van der Waals surface area contributed by atoms with E-state index >= 15 is 0 Å². The van der Waals surface area contributed by atoms with Crippen molar-refractivity contribution in [2.75, 3.05) is 17.2 Å². The zero-order chi connectivity index (χ0) is 19.1. The lowest BCUT2D eigenvalue weighted by Gasteiger charge is -2.14. The van der Waals surface area contributed by atoms with Crippen LogP contribution in [-0.4, -0.2) is 16.3 Å². The van der Waals surface area contributed by atoms with E-state index in [1.807, 2.05) is 4.68 Å². The Labute approximate surface area is 164 Å². The van der Waals surface area contributed by atoms with Crippen LogP contribution in [0.5, 0.6) is 0 Å². The Morgan fingerprint density at radius 3 is 2.96 bits per heavy atom. The number of anilines is 2. The van der Waals surface area contributed by atoms with Gasteiger partial charge < -0.3 is 10.6 Å². The standard InChI is InChI=1S/C23H23N5/c1-15-10-12-25-23-18(4-2-5-20(23)26-15)17-8-9-21-19(14-17)22(16-6-7-16)27-28(21)13-3-11-24/h2,4-5,8-9,14,16,25-26H,1,3,6-7,10,12-13H2. The van der Waals surface area contributed by atoms with E-state index in [0.717, 1.165) is 35.6 Å². The van der Waals surface area contributed by atoms with Gasteiger partial charge in [0.05, 0.1) is 41.6 Å². The number of fused-ring (bicyclic) bond motifs is 2. The van der Waals surface area contributed by atoms with Gasteiger partial charge in [-0.25, -0.2) is 0 Å². The van der Waals surface area contributed by atoms with E-state index in [2.05, 4.69) is 59.7 Å². The molecule has 140 valence electrons. The molecular formula is C23H23N5. The topological polar surface area (TPSA) is 65.7 Å². The van der Waals surface area contributed by atoms with Crippen molar-refractivity contribution in [3.8, 4) is 17.2 Å². The zero-order valence-corrected chi connectivity index (χ0v) is 15.8. The van der Waals surface area contributed by atoms with Crippen LogP contribution in [0.1, 0.15) is 37.3 Å². The van der Waals surface area contributed by atoms with Crippen molar-refractivity contribution in [3.05, 3.63) is 54.4 Å². The van der Waals surface area contributed by atoms with Crippen LogP contribution < -0.4 is 10.6 Å². The lowest BCUT2D eigenvalue weighted by Crippen LogP contribution is -2.01. The van der Waals surface area contributed by atoms with Crippen molar-refractivity contribution < 1.29 is 0 Å². The molecule has 1 saturated carbocycles. The van der Waals surface area contributed by atoms with Gasteiger partial charge in [0.25, 0.3) is 0 Å². The fraction of sp³-hybridized carbons (Fsp3) is 0.304. The first-order chi connectivity index (χ1) is 13.7. The number of rotatable bonds is 4. The second kappa shape index (κ2) is 6.72. The van der Waals surface area contributed by atoms with Crippen molar-refractivity contribution in [2.45, 2.75) is 38.1 Å². The quantitative estimate of drug-likeness (QED) is 0.660. The van der Waals surface area contributed by atoms with Gasteiger partial charge in [-0.1, -0.05) is 24.8 Å². The van der Waals surface area contributed by atoms with E-state index in [4.69, 9.17) is 10.4 Å². The monoisotopic (exact) mass is 369 g/mol. The Kier molecular flexibility index (Phi) is 4.05. The number of nitrogens with one attached hydrogen (secondary N) is 2. The van der Waals surface area contributed by atoms with Gasteiger partial charge in [-0.05, 0) is 36.6 Å². The fourth-order valence-electron chi connectivity index (χ4n) is 4.04. The molecule has 5 heteroatoms. The van der Waals surface area contributed by atoms with Gasteiger partial charge in [0.1, 0.15) is 0 Å². The SMILES string of the molecule is C=C1CCNc2c(cccc2-c2ccc3c(c2)c(C2CC2)nn3CCC#N)N1. The van der Waals surface area contributed by atoms with E-state index in [1.165, 1.54) is 35.0 Å². The minimum atomic E-state index is 0.480. The predicted octanol–water partition coefficient (Wildman–Crippen LogP) is 5.24. The molecule has 0 saturated heterocycles. The van der Waals surface area contributed by atoms with E-state index in [-0.39, 0.29) is 0 Å². The summed E-state index contributed by atoms with van der Waals surface area (Å²) < 4.78 is 2.01. The molecule has 3 aromatic rings. The zero-order valence-electron chi connectivity index (χ0n) is 15.8. The highest BCUT2D eigenvalue weighted by Gasteiger charge is 2.29. The summed E-state index contributed by atoms with van der Waals surface area (Å²) in [5, 5.41) is 22.1. The molecule has 28 heavy (non-hydrogen) atoms. The Morgan fingerprint density at radius 1 is 1.25 bits per heavy atom. The maximum absolute atomic E-state index is 8.96. The molecule has 0 unspecified atom stereocenters. The first-order valence-electron chi connectivity index (χ1n) is 9.94. The molecule has 2 aromatic carbocycles. The summed E-state index contributed by atoms with van der Waals surface area (Å²) in [7, 11) is 0. The summed E-state index contributed by atoms with van der Waals surface area (Å²) in [4.78, 5) is 0. The maximum Gasteiger partial charge on any atom is 0.0734 e. The van der Waals surface area contributed by atoms with Crippen molar-refractivity contribution in [1.82, 2.24) is 9.78 Å². The summed E-state index contributed by atoms with van der Waals surface area (Å²) in [6, 6.07) is 15.2. The highest BCUT2D eigenvalue weighted by Crippen LogP contribution is 2.44. The molecule has 5 nitrogen and oxygen atoms in total. The minimum Gasteiger partial charge on any atom is -0.382 e. The number of aromatic nitrogens is 2. The molecule has 2 N–H and O–H groups in total. The number of para-hydroxylation sites is 1. The first-order valence-corrected chi connectivity index (χ1v) is 9.94. The molecule has 2 heterocycles. The third-order valence-corrected chi connectivity index (χ3v) is 5.59. The van der Waals surface area contributed by atoms with Gasteiger partial charge in [0.2, 0.25) is 0 Å². The lowest BCUT2D eigenvalue weighted by atomic mass is 9.99. The number of hydrogen-bond acceptors (Lipinski definition) is 4. The Morgan fingerprint density at radius 2 is 2.14 bits per heavy atom. The van der Waals surface area contributed by atoms with Crippen LogP contribution in [0.3, 0.4) is 0 Å². The number of aryl methyl sites for hydroxylation is 1. The normalized spacial score (nSPS) is 16.0. The second-order valence-corrected chi connectivity index (χ2v) is 7.66. The van der Waals surface area contributed by atoms with E-state index in [1.54, 1.807) is 0 Å². The van der Waals surface area contributed by atoms with Crippen LogP contribution in [0, 0.1) is 11.3 Å². The van der Waals surface area contributed by atoms with Crippen molar-refractivity contribution in [3.63, 3.8) is 0 Å². The van der Waals surface area contributed by atoms with Gasteiger partial charge in [-0.2, -0.15) is 10.4 Å². The van der Waals surface area contributed by atoms with Crippen LogP contribution in [0.25, 0.3) is 22.0 Å². The fourth-order valence-corrected chi connectivity index (χ4v) is 4.04.